The first-order valence-electron chi connectivity index (χ1n) is 6.01. The minimum atomic E-state index is -0.529. The van der Waals surface area contributed by atoms with E-state index in [0.717, 1.165) is 16.5 Å². The van der Waals surface area contributed by atoms with Crippen LogP contribution in [0.15, 0.2) is 16.6 Å². The maximum Gasteiger partial charge on any atom is 0.327 e. The van der Waals surface area contributed by atoms with Crippen molar-refractivity contribution in [1.29, 1.82) is 0 Å². The Morgan fingerprint density at radius 3 is 2.84 bits per heavy atom. The summed E-state index contributed by atoms with van der Waals surface area (Å²) in [6.07, 6.45) is 0.836. The fourth-order valence-electron chi connectivity index (χ4n) is 1.96. The lowest BCUT2D eigenvalue weighted by Crippen LogP contribution is -2.26. The van der Waals surface area contributed by atoms with Crippen LogP contribution in [0.25, 0.3) is 0 Å². The molecule has 0 aromatic heterocycles. The minimum Gasteiger partial charge on any atom is -0.490 e. The monoisotopic (exact) mass is 329 g/mol. The number of fused-ring (bicyclic) bond motifs is 1. The maximum atomic E-state index is 11.7. The van der Waals surface area contributed by atoms with E-state index < -0.39 is 6.04 Å². The normalized spacial score (nSPS) is 15.5. The van der Waals surface area contributed by atoms with Crippen molar-refractivity contribution in [3.05, 3.63) is 22.2 Å². The number of nitrogens with one attached hydrogen (secondary N) is 1. The van der Waals surface area contributed by atoms with Crippen molar-refractivity contribution in [3.8, 4) is 11.5 Å². The van der Waals surface area contributed by atoms with E-state index >= 15 is 0 Å². The first-order chi connectivity index (χ1) is 9.17. The van der Waals surface area contributed by atoms with E-state index in [2.05, 4.69) is 21.2 Å². The summed E-state index contributed by atoms with van der Waals surface area (Å²) >= 11 is 3.45. The van der Waals surface area contributed by atoms with Crippen LogP contribution in [0.2, 0.25) is 0 Å². The van der Waals surface area contributed by atoms with Gasteiger partial charge in [-0.05, 0) is 40.7 Å². The third-order valence-electron chi connectivity index (χ3n) is 2.88. The van der Waals surface area contributed by atoms with Gasteiger partial charge in [-0.2, -0.15) is 0 Å². The molecule has 1 aliphatic heterocycles. The fraction of sp³-hybridized carbons (Fsp3) is 0.462. The van der Waals surface area contributed by atoms with E-state index in [4.69, 9.17) is 14.2 Å². The summed E-state index contributed by atoms with van der Waals surface area (Å²) in [5, 5.41) is 2.93. The van der Waals surface area contributed by atoms with E-state index in [1.807, 2.05) is 12.1 Å². The van der Waals surface area contributed by atoms with Gasteiger partial charge in [-0.25, -0.2) is 4.79 Å². The average Bonchev–Trinajstić information content (AvgIpc) is 2.65. The number of hydrogen-bond acceptors (Lipinski definition) is 5. The van der Waals surface area contributed by atoms with Crippen LogP contribution in [0.5, 0.6) is 11.5 Å². The van der Waals surface area contributed by atoms with Gasteiger partial charge in [0, 0.05) is 6.42 Å². The Kier molecular flexibility index (Phi) is 4.66. The second-order valence-corrected chi connectivity index (χ2v) is 4.98. The molecule has 1 N–H and O–H groups in total. The maximum absolute atomic E-state index is 11.7. The average molecular weight is 330 g/mol. The zero-order chi connectivity index (χ0) is 13.8. The standard InChI is InChI=1S/C13H16BrNO4/c1-15-11(13(16)17-2)8-6-9(14)12-10(7-8)18-4-3-5-19-12/h6-7,11,15H,3-5H2,1-2H3. The molecule has 1 unspecified atom stereocenters. The van der Waals surface area contributed by atoms with Gasteiger partial charge < -0.3 is 19.5 Å². The molecule has 0 bridgehead atoms. The van der Waals surface area contributed by atoms with E-state index in [0.29, 0.717) is 24.7 Å². The highest BCUT2D eigenvalue weighted by molar-refractivity contribution is 9.10. The number of carbonyl (C=O) groups is 1. The number of halogens is 1. The van der Waals surface area contributed by atoms with Gasteiger partial charge in [0.1, 0.15) is 6.04 Å². The highest BCUT2D eigenvalue weighted by atomic mass is 79.9. The summed E-state index contributed by atoms with van der Waals surface area (Å²) in [4.78, 5) is 11.7. The van der Waals surface area contributed by atoms with Crippen LogP contribution in [-0.4, -0.2) is 33.3 Å². The smallest absolute Gasteiger partial charge is 0.327 e. The van der Waals surface area contributed by atoms with Crippen molar-refractivity contribution >= 4 is 21.9 Å². The number of hydrogen-bond donors (Lipinski definition) is 1. The quantitative estimate of drug-likeness (QED) is 0.860. The molecule has 1 aromatic carbocycles. The fourth-order valence-corrected chi connectivity index (χ4v) is 2.53. The first kappa shape index (κ1) is 14.1. The molecule has 19 heavy (non-hydrogen) atoms. The first-order valence-corrected chi connectivity index (χ1v) is 6.80. The van der Waals surface area contributed by atoms with Gasteiger partial charge in [-0.3, -0.25) is 0 Å². The molecule has 104 valence electrons. The second-order valence-electron chi connectivity index (χ2n) is 4.13. The molecule has 0 aliphatic carbocycles. The molecule has 1 heterocycles. The van der Waals surface area contributed by atoms with Crippen LogP contribution >= 0.6 is 15.9 Å². The summed E-state index contributed by atoms with van der Waals surface area (Å²) in [6.45, 7) is 1.22. The van der Waals surface area contributed by atoms with Gasteiger partial charge >= 0.3 is 5.97 Å². The number of methoxy groups -OCH3 is 1. The predicted molar refractivity (Wildman–Crippen MR) is 73.6 cm³/mol. The van der Waals surface area contributed by atoms with Crippen LogP contribution in [0, 0.1) is 0 Å². The lowest BCUT2D eigenvalue weighted by molar-refractivity contribution is -0.143. The second kappa shape index (κ2) is 6.25. The number of carbonyl (C=O) groups excluding carboxylic acids is 1. The summed E-state index contributed by atoms with van der Waals surface area (Å²) in [6, 6.07) is 3.12. The Balaban J connectivity index is 2.39. The van der Waals surface area contributed by atoms with E-state index in [1.54, 1.807) is 7.05 Å². The number of esters is 1. The van der Waals surface area contributed by atoms with E-state index in [-0.39, 0.29) is 5.97 Å². The topological polar surface area (TPSA) is 56.8 Å². The van der Waals surface area contributed by atoms with Crippen molar-refractivity contribution in [3.63, 3.8) is 0 Å². The van der Waals surface area contributed by atoms with Gasteiger partial charge in [0.15, 0.2) is 11.5 Å². The predicted octanol–water partition coefficient (Wildman–Crippen LogP) is 2.04. The van der Waals surface area contributed by atoms with Gasteiger partial charge in [0.2, 0.25) is 0 Å². The Bertz CT molecular complexity index is 478. The van der Waals surface area contributed by atoms with Gasteiger partial charge in [-0.1, -0.05) is 0 Å². The van der Waals surface area contributed by atoms with Gasteiger partial charge in [0.25, 0.3) is 0 Å². The number of ether oxygens (including phenoxy) is 3. The summed E-state index contributed by atoms with van der Waals surface area (Å²) in [5.74, 6) is 0.982. The molecule has 0 saturated heterocycles. The van der Waals surface area contributed by atoms with Crippen molar-refractivity contribution in [2.75, 3.05) is 27.4 Å². The lowest BCUT2D eigenvalue weighted by atomic mass is 10.1. The van der Waals surface area contributed by atoms with Gasteiger partial charge in [0.05, 0.1) is 24.8 Å². The SMILES string of the molecule is CNC(C(=O)OC)c1cc(Br)c2c(c1)OCCCO2. The summed E-state index contributed by atoms with van der Waals surface area (Å²) in [7, 11) is 3.07. The van der Waals surface area contributed by atoms with E-state index in [1.165, 1.54) is 7.11 Å². The highest BCUT2D eigenvalue weighted by Gasteiger charge is 2.23. The molecule has 0 radical (unpaired) electrons. The Labute approximate surface area is 120 Å². The van der Waals surface area contributed by atoms with Gasteiger partial charge in [-0.15, -0.1) is 0 Å². The van der Waals surface area contributed by atoms with E-state index in [9.17, 15) is 4.79 Å². The molecule has 1 aromatic rings. The summed E-state index contributed by atoms with van der Waals surface area (Å²) < 4.78 is 16.8. The van der Waals surface area contributed by atoms with Crippen LogP contribution in [0.3, 0.4) is 0 Å². The van der Waals surface area contributed by atoms with Crippen molar-refractivity contribution < 1.29 is 19.0 Å². The Morgan fingerprint density at radius 2 is 2.16 bits per heavy atom. The molecule has 2 rings (SSSR count). The molecule has 1 aliphatic rings. The summed E-state index contributed by atoms with van der Waals surface area (Å²) in [5.41, 5.74) is 0.769. The lowest BCUT2D eigenvalue weighted by Gasteiger charge is -2.17. The Morgan fingerprint density at radius 1 is 1.42 bits per heavy atom. The number of rotatable bonds is 3. The Hall–Kier alpha value is -1.27. The number of benzene rings is 1. The molecule has 0 fully saturated rings. The molecule has 0 spiro atoms. The number of likely N-dealkylation sites (N-methyl/N-ethyl adjacent to an activating group) is 1. The third kappa shape index (κ3) is 3.01. The molecule has 5 nitrogen and oxygen atoms in total. The minimum absolute atomic E-state index is 0.344. The molecule has 0 amide bonds. The van der Waals surface area contributed by atoms with Crippen molar-refractivity contribution in [2.24, 2.45) is 0 Å². The van der Waals surface area contributed by atoms with Crippen LogP contribution in [-0.2, 0) is 9.53 Å². The molecule has 6 heteroatoms. The third-order valence-corrected chi connectivity index (χ3v) is 3.47. The molecular weight excluding hydrogens is 314 g/mol. The van der Waals surface area contributed by atoms with Crippen molar-refractivity contribution in [2.45, 2.75) is 12.5 Å². The van der Waals surface area contributed by atoms with Crippen LogP contribution in [0.4, 0.5) is 0 Å². The molecule has 1 atom stereocenters. The van der Waals surface area contributed by atoms with Crippen LogP contribution < -0.4 is 14.8 Å². The largest absolute Gasteiger partial charge is 0.490 e. The van der Waals surface area contributed by atoms with Crippen molar-refractivity contribution in [1.82, 2.24) is 5.32 Å². The highest BCUT2D eigenvalue weighted by Crippen LogP contribution is 2.39. The van der Waals surface area contributed by atoms with Crippen LogP contribution in [0.1, 0.15) is 18.0 Å². The zero-order valence-corrected chi connectivity index (χ0v) is 12.5. The zero-order valence-electron chi connectivity index (χ0n) is 10.9. The molecule has 0 saturated carbocycles. The molecular formula is C13H16BrNO4.